The summed E-state index contributed by atoms with van der Waals surface area (Å²) in [6, 6.07) is 0.622. The smallest absolute Gasteiger partial charge is 0.318 e. The Morgan fingerprint density at radius 2 is 2.17 bits per heavy atom. The largest absolute Gasteiger partial charge is 0.406 e. The van der Waals surface area contributed by atoms with Gasteiger partial charge in [0.05, 0.1) is 6.04 Å². The van der Waals surface area contributed by atoms with E-state index in [0.717, 1.165) is 26.1 Å². The van der Waals surface area contributed by atoms with E-state index in [1.54, 1.807) is 0 Å². The summed E-state index contributed by atoms with van der Waals surface area (Å²) in [7, 11) is -0.685. The van der Waals surface area contributed by atoms with Crippen molar-refractivity contribution in [2.24, 2.45) is 0 Å². The van der Waals surface area contributed by atoms with Crippen LogP contribution >= 0.6 is 0 Å². The third-order valence-electron chi connectivity index (χ3n) is 2.95. The fourth-order valence-corrected chi connectivity index (χ4v) is 2.86. The van der Waals surface area contributed by atoms with E-state index in [4.69, 9.17) is 4.42 Å². The number of aromatic nitrogens is 2. The molecule has 0 aromatic carbocycles. The lowest BCUT2D eigenvalue weighted by molar-refractivity contribution is 0.415. The van der Waals surface area contributed by atoms with Crippen molar-refractivity contribution in [3.8, 4) is 0 Å². The molecule has 1 aliphatic rings. The van der Waals surface area contributed by atoms with Crippen LogP contribution in [-0.2, 0) is 10.8 Å². The summed E-state index contributed by atoms with van der Waals surface area (Å²) < 4.78 is 16.9. The van der Waals surface area contributed by atoms with Gasteiger partial charge in [-0.1, -0.05) is 12.0 Å². The number of nitrogens with zero attached hydrogens (tertiary/aromatic N) is 3. The van der Waals surface area contributed by atoms with Crippen LogP contribution in [0.15, 0.2) is 4.42 Å². The Labute approximate surface area is 110 Å². The van der Waals surface area contributed by atoms with Crippen LogP contribution in [0.2, 0.25) is 0 Å². The van der Waals surface area contributed by atoms with Crippen LogP contribution in [0.5, 0.6) is 0 Å². The normalized spacial score (nSPS) is 19.1. The number of rotatable bonds is 5. The van der Waals surface area contributed by atoms with Crippen molar-refractivity contribution >= 4 is 16.8 Å². The fraction of sp³-hybridized carbons (Fsp3) is 0.818. The van der Waals surface area contributed by atoms with Crippen molar-refractivity contribution in [2.75, 3.05) is 36.0 Å². The Balaban J connectivity index is 1.95. The van der Waals surface area contributed by atoms with Gasteiger partial charge < -0.3 is 14.6 Å². The summed E-state index contributed by atoms with van der Waals surface area (Å²) in [6.07, 6.45) is 1.07. The molecule has 0 spiro atoms. The minimum atomic E-state index is -0.685. The van der Waals surface area contributed by atoms with Crippen molar-refractivity contribution < 1.29 is 8.63 Å². The van der Waals surface area contributed by atoms with Crippen molar-refractivity contribution in [1.29, 1.82) is 0 Å². The molecular formula is C11H20N4O2S. The highest BCUT2D eigenvalue weighted by Crippen LogP contribution is 2.18. The second kappa shape index (κ2) is 6.29. The average molecular weight is 272 g/mol. The molecule has 1 fully saturated rings. The van der Waals surface area contributed by atoms with Crippen LogP contribution < -0.4 is 10.2 Å². The molecule has 0 aliphatic carbocycles. The molecule has 1 aromatic rings. The summed E-state index contributed by atoms with van der Waals surface area (Å²) in [4.78, 5) is 2.00. The minimum Gasteiger partial charge on any atom is -0.406 e. The summed E-state index contributed by atoms with van der Waals surface area (Å²) in [5.41, 5.74) is 0. The Kier molecular flexibility index (Phi) is 4.71. The molecule has 0 radical (unpaired) electrons. The standard InChI is InChI=1S/C11H20N4O2S/c1-3-4-12-9(2)10-13-14-11(17-10)15-5-7-18(16)8-6-15/h9,12H,3-8H2,1-2H3. The van der Waals surface area contributed by atoms with Crippen LogP contribution in [0, 0.1) is 0 Å². The lowest BCUT2D eigenvalue weighted by Gasteiger charge is -2.23. The predicted octanol–water partition coefficient (Wildman–Crippen LogP) is 0.699. The maximum absolute atomic E-state index is 11.3. The van der Waals surface area contributed by atoms with E-state index in [1.807, 2.05) is 11.8 Å². The second-order valence-electron chi connectivity index (χ2n) is 4.43. The topological polar surface area (TPSA) is 71.3 Å². The van der Waals surface area contributed by atoms with E-state index in [1.165, 1.54) is 0 Å². The lowest BCUT2D eigenvalue weighted by Crippen LogP contribution is -2.37. The molecule has 2 heterocycles. The highest BCUT2D eigenvalue weighted by Gasteiger charge is 2.21. The Bertz CT molecular complexity index is 400. The Morgan fingerprint density at radius 1 is 1.44 bits per heavy atom. The van der Waals surface area contributed by atoms with E-state index in [9.17, 15) is 4.21 Å². The highest BCUT2D eigenvalue weighted by molar-refractivity contribution is 7.85. The van der Waals surface area contributed by atoms with Gasteiger partial charge in [0.15, 0.2) is 0 Å². The van der Waals surface area contributed by atoms with Gasteiger partial charge in [-0.3, -0.25) is 4.21 Å². The van der Waals surface area contributed by atoms with Crippen molar-refractivity contribution in [1.82, 2.24) is 15.5 Å². The van der Waals surface area contributed by atoms with E-state index in [0.29, 0.717) is 23.4 Å². The molecular weight excluding hydrogens is 252 g/mol. The minimum absolute atomic E-state index is 0.0742. The zero-order valence-electron chi connectivity index (χ0n) is 10.9. The van der Waals surface area contributed by atoms with Crippen molar-refractivity contribution in [3.63, 3.8) is 0 Å². The zero-order valence-corrected chi connectivity index (χ0v) is 11.7. The molecule has 18 heavy (non-hydrogen) atoms. The molecule has 1 N–H and O–H groups in total. The fourth-order valence-electron chi connectivity index (χ4n) is 1.81. The van der Waals surface area contributed by atoms with Crippen LogP contribution in [0.1, 0.15) is 32.2 Å². The third kappa shape index (κ3) is 3.29. The van der Waals surface area contributed by atoms with Crippen LogP contribution in [-0.4, -0.2) is 45.5 Å². The number of anilines is 1. The van der Waals surface area contributed by atoms with Gasteiger partial charge in [-0.25, -0.2) is 0 Å². The Hall–Kier alpha value is -0.950. The molecule has 6 nitrogen and oxygen atoms in total. The van der Waals surface area contributed by atoms with Crippen LogP contribution in [0.4, 0.5) is 6.01 Å². The maximum atomic E-state index is 11.3. The molecule has 1 aromatic heterocycles. The molecule has 1 saturated heterocycles. The molecule has 2 rings (SSSR count). The monoisotopic (exact) mass is 272 g/mol. The molecule has 7 heteroatoms. The molecule has 1 unspecified atom stereocenters. The summed E-state index contributed by atoms with van der Waals surface area (Å²) in [6.45, 7) is 6.52. The van der Waals surface area contributed by atoms with Gasteiger partial charge in [0.1, 0.15) is 0 Å². The molecule has 0 bridgehead atoms. The van der Waals surface area contributed by atoms with Gasteiger partial charge >= 0.3 is 6.01 Å². The lowest BCUT2D eigenvalue weighted by atomic mass is 10.3. The molecule has 0 saturated carbocycles. The van der Waals surface area contributed by atoms with Gasteiger partial charge in [0, 0.05) is 35.4 Å². The summed E-state index contributed by atoms with van der Waals surface area (Å²) in [5.74, 6) is 1.98. The van der Waals surface area contributed by atoms with Crippen LogP contribution in [0.25, 0.3) is 0 Å². The van der Waals surface area contributed by atoms with E-state index >= 15 is 0 Å². The van der Waals surface area contributed by atoms with Gasteiger partial charge in [0.2, 0.25) is 5.89 Å². The predicted molar refractivity (Wildman–Crippen MR) is 71.1 cm³/mol. The quantitative estimate of drug-likeness (QED) is 0.850. The first-order valence-corrected chi connectivity index (χ1v) is 7.86. The van der Waals surface area contributed by atoms with Crippen molar-refractivity contribution in [3.05, 3.63) is 5.89 Å². The van der Waals surface area contributed by atoms with Gasteiger partial charge in [-0.05, 0) is 19.9 Å². The Morgan fingerprint density at radius 3 is 2.83 bits per heavy atom. The summed E-state index contributed by atoms with van der Waals surface area (Å²) in [5, 5.41) is 11.4. The first-order valence-electron chi connectivity index (χ1n) is 6.37. The van der Waals surface area contributed by atoms with Gasteiger partial charge in [0.25, 0.3) is 0 Å². The number of nitrogens with one attached hydrogen (secondary N) is 1. The van der Waals surface area contributed by atoms with Crippen molar-refractivity contribution in [2.45, 2.75) is 26.3 Å². The average Bonchev–Trinajstić information content (AvgIpc) is 2.86. The SMILES string of the molecule is CCCNC(C)c1nnc(N2CCS(=O)CC2)o1. The maximum Gasteiger partial charge on any atom is 0.318 e. The first kappa shape index (κ1) is 13.5. The van der Waals surface area contributed by atoms with Gasteiger partial charge in [-0.2, -0.15) is 0 Å². The molecule has 102 valence electrons. The third-order valence-corrected chi connectivity index (χ3v) is 4.23. The second-order valence-corrected chi connectivity index (χ2v) is 6.13. The number of hydrogen-bond acceptors (Lipinski definition) is 6. The first-order chi connectivity index (χ1) is 8.70. The molecule has 1 atom stereocenters. The molecule has 0 amide bonds. The number of hydrogen-bond donors (Lipinski definition) is 1. The molecule has 1 aliphatic heterocycles. The van der Waals surface area contributed by atoms with E-state index < -0.39 is 10.8 Å². The zero-order chi connectivity index (χ0) is 13.0. The highest BCUT2D eigenvalue weighted by atomic mass is 32.2. The van der Waals surface area contributed by atoms with E-state index in [-0.39, 0.29) is 6.04 Å². The summed E-state index contributed by atoms with van der Waals surface area (Å²) >= 11 is 0. The van der Waals surface area contributed by atoms with Gasteiger partial charge in [-0.15, -0.1) is 5.10 Å². The van der Waals surface area contributed by atoms with E-state index in [2.05, 4.69) is 22.4 Å². The van der Waals surface area contributed by atoms with Crippen LogP contribution in [0.3, 0.4) is 0 Å².